The summed E-state index contributed by atoms with van der Waals surface area (Å²) in [6.07, 6.45) is 11.0. The summed E-state index contributed by atoms with van der Waals surface area (Å²) >= 11 is 0. The fourth-order valence-corrected chi connectivity index (χ4v) is 3.18. The third-order valence-electron chi connectivity index (χ3n) is 4.43. The summed E-state index contributed by atoms with van der Waals surface area (Å²) in [4.78, 5) is 19.2. The van der Waals surface area contributed by atoms with Gasteiger partial charge in [0.25, 0.3) is 5.56 Å². The zero-order valence-corrected chi connectivity index (χ0v) is 13.4. The summed E-state index contributed by atoms with van der Waals surface area (Å²) in [5, 5.41) is 4.20. The topological polar surface area (TPSA) is 56.0 Å². The van der Waals surface area contributed by atoms with Crippen LogP contribution in [0.2, 0.25) is 0 Å². The van der Waals surface area contributed by atoms with E-state index in [0.29, 0.717) is 11.0 Å². The highest BCUT2D eigenvalue weighted by Crippen LogP contribution is 2.10. The van der Waals surface area contributed by atoms with Crippen molar-refractivity contribution < 1.29 is 0 Å². The Morgan fingerprint density at radius 3 is 2.59 bits per heavy atom. The maximum absolute atomic E-state index is 12.3. The molecule has 0 aliphatic carbocycles. The Bertz CT molecular complexity index is 667. The summed E-state index contributed by atoms with van der Waals surface area (Å²) in [5.74, 6) is 0. The largest absolute Gasteiger partial charge is 0.303 e. The maximum atomic E-state index is 12.3. The average Bonchev–Trinajstić information content (AvgIpc) is 2.72. The molecule has 1 saturated heterocycles. The van der Waals surface area contributed by atoms with Crippen LogP contribution in [-0.2, 0) is 13.6 Å². The number of rotatable bonds is 5. The molecule has 22 heavy (non-hydrogen) atoms. The molecule has 6 nitrogen and oxygen atoms in total. The third kappa shape index (κ3) is 3.55. The lowest BCUT2D eigenvalue weighted by Gasteiger charge is -2.19. The van der Waals surface area contributed by atoms with Crippen LogP contribution >= 0.6 is 0 Å². The van der Waals surface area contributed by atoms with Gasteiger partial charge < -0.3 is 4.90 Å². The molecule has 0 unspecified atom stereocenters. The molecule has 1 aliphatic rings. The minimum Gasteiger partial charge on any atom is -0.303 e. The van der Waals surface area contributed by atoms with Gasteiger partial charge in [-0.25, -0.2) is 4.98 Å². The number of hydrogen-bond donors (Lipinski definition) is 0. The minimum absolute atomic E-state index is 0.0274. The Morgan fingerprint density at radius 2 is 1.82 bits per heavy atom. The molecule has 3 rings (SSSR count). The highest BCUT2D eigenvalue weighted by Gasteiger charge is 2.09. The molecule has 3 heterocycles. The predicted octanol–water partition coefficient (Wildman–Crippen LogP) is 1.79. The number of aromatic nitrogens is 4. The van der Waals surface area contributed by atoms with Crippen molar-refractivity contribution in [2.24, 2.45) is 7.05 Å². The molecule has 0 amide bonds. The molecule has 0 aromatic carbocycles. The van der Waals surface area contributed by atoms with Crippen molar-refractivity contribution in [3.8, 4) is 0 Å². The van der Waals surface area contributed by atoms with Crippen molar-refractivity contribution in [1.82, 2.24) is 24.2 Å². The summed E-state index contributed by atoms with van der Waals surface area (Å²) in [7, 11) is 1.81. The smallest absolute Gasteiger partial charge is 0.281 e. The number of likely N-dealkylation sites (tertiary alicyclic amines) is 1. The summed E-state index contributed by atoms with van der Waals surface area (Å²) in [5.41, 5.74) is 1.12. The van der Waals surface area contributed by atoms with Crippen molar-refractivity contribution in [2.45, 2.75) is 45.1 Å². The first-order valence-corrected chi connectivity index (χ1v) is 8.35. The molecule has 120 valence electrons. The SMILES string of the molecule is Cn1cc2ncn(CCCCN3CCCCCC3)c(=O)c2n1. The van der Waals surface area contributed by atoms with Gasteiger partial charge in [-0.2, -0.15) is 5.10 Å². The van der Waals surface area contributed by atoms with Gasteiger partial charge in [0, 0.05) is 13.6 Å². The van der Waals surface area contributed by atoms with E-state index in [1.165, 1.54) is 38.8 Å². The molecular formula is C16H25N5O. The van der Waals surface area contributed by atoms with E-state index in [1.54, 1.807) is 21.8 Å². The molecule has 0 spiro atoms. The Morgan fingerprint density at radius 1 is 1.09 bits per heavy atom. The molecule has 1 aliphatic heterocycles. The van der Waals surface area contributed by atoms with Gasteiger partial charge in [0.2, 0.25) is 0 Å². The normalized spacial score (nSPS) is 17.0. The number of hydrogen-bond acceptors (Lipinski definition) is 4. The standard InChI is InChI=1S/C16H25N5O/c1-19-12-14-15(18-19)16(22)21(13-17-14)11-7-6-10-20-8-4-2-3-5-9-20/h12-13H,2-11H2,1H3. The summed E-state index contributed by atoms with van der Waals surface area (Å²) in [6.45, 7) is 4.35. The van der Waals surface area contributed by atoms with Crippen LogP contribution in [0.1, 0.15) is 38.5 Å². The number of unbranched alkanes of at least 4 members (excludes halogenated alkanes) is 1. The lowest BCUT2D eigenvalue weighted by atomic mass is 10.2. The van der Waals surface area contributed by atoms with E-state index in [0.717, 1.165) is 25.9 Å². The van der Waals surface area contributed by atoms with Gasteiger partial charge in [-0.1, -0.05) is 12.8 Å². The third-order valence-corrected chi connectivity index (χ3v) is 4.43. The molecule has 0 bridgehead atoms. The first-order valence-electron chi connectivity index (χ1n) is 8.35. The molecule has 6 heteroatoms. The van der Waals surface area contributed by atoms with Crippen molar-refractivity contribution >= 4 is 11.0 Å². The summed E-state index contributed by atoms with van der Waals surface area (Å²) in [6, 6.07) is 0. The van der Waals surface area contributed by atoms with Crippen LogP contribution in [0.25, 0.3) is 11.0 Å². The first kappa shape index (κ1) is 15.2. The Balaban J connectivity index is 1.53. The van der Waals surface area contributed by atoms with Crippen molar-refractivity contribution in [1.29, 1.82) is 0 Å². The molecular weight excluding hydrogens is 278 g/mol. The highest BCUT2D eigenvalue weighted by atomic mass is 16.1. The van der Waals surface area contributed by atoms with Gasteiger partial charge in [0.05, 0.1) is 12.5 Å². The minimum atomic E-state index is -0.0274. The predicted molar refractivity (Wildman–Crippen MR) is 86.9 cm³/mol. The van der Waals surface area contributed by atoms with Gasteiger partial charge in [-0.05, 0) is 45.3 Å². The van der Waals surface area contributed by atoms with Crippen LogP contribution in [0, 0.1) is 0 Å². The van der Waals surface area contributed by atoms with E-state index < -0.39 is 0 Å². The van der Waals surface area contributed by atoms with E-state index >= 15 is 0 Å². The Hall–Kier alpha value is -1.69. The van der Waals surface area contributed by atoms with Gasteiger partial charge in [0.15, 0.2) is 5.52 Å². The van der Waals surface area contributed by atoms with E-state index in [9.17, 15) is 4.79 Å². The highest BCUT2D eigenvalue weighted by molar-refractivity contribution is 5.71. The van der Waals surface area contributed by atoms with Crippen LogP contribution in [0.5, 0.6) is 0 Å². The molecule has 0 saturated carbocycles. The Kier molecular flexibility index (Phi) is 4.87. The van der Waals surface area contributed by atoms with Crippen molar-refractivity contribution in [3.63, 3.8) is 0 Å². The summed E-state index contributed by atoms with van der Waals surface area (Å²) < 4.78 is 3.33. The van der Waals surface area contributed by atoms with E-state index in [4.69, 9.17) is 0 Å². The second kappa shape index (κ2) is 7.05. The number of fused-ring (bicyclic) bond motifs is 1. The Labute approximate surface area is 130 Å². The number of aryl methyl sites for hydroxylation is 2. The monoisotopic (exact) mass is 303 g/mol. The second-order valence-corrected chi connectivity index (χ2v) is 6.24. The average molecular weight is 303 g/mol. The maximum Gasteiger partial charge on any atom is 0.281 e. The molecule has 2 aromatic rings. The van der Waals surface area contributed by atoms with Crippen LogP contribution < -0.4 is 5.56 Å². The first-order chi connectivity index (χ1) is 10.7. The second-order valence-electron chi connectivity index (χ2n) is 6.24. The van der Waals surface area contributed by atoms with E-state index in [1.807, 2.05) is 7.05 Å². The quantitative estimate of drug-likeness (QED) is 0.790. The lowest BCUT2D eigenvalue weighted by molar-refractivity contribution is 0.276. The molecule has 0 radical (unpaired) electrons. The van der Waals surface area contributed by atoms with Gasteiger partial charge in [-0.3, -0.25) is 14.0 Å². The lowest BCUT2D eigenvalue weighted by Crippen LogP contribution is -2.26. The molecule has 1 fully saturated rings. The molecule has 0 N–H and O–H groups in total. The van der Waals surface area contributed by atoms with E-state index in [-0.39, 0.29) is 5.56 Å². The van der Waals surface area contributed by atoms with Crippen molar-refractivity contribution in [2.75, 3.05) is 19.6 Å². The fourth-order valence-electron chi connectivity index (χ4n) is 3.18. The zero-order valence-electron chi connectivity index (χ0n) is 13.4. The van der Waals surface area contributed by atoms with Crippen LogP contribution in [-0.4, -0.2) is 43.9 Å². The van der Waals surface area contributed by atoms with Crippen LogP contribution in [0.15, 0.2) is 17.3 Å². The van der Waals surface area contributed by atoms with Crippen LogP contribution in [0.3, 0.4) is 0 Å². The molecule has 0 atom stereocenters. The van der Waals surface area contributed by atoms with Gasteiger partial charge in [-0.15, -0.1) is 0 Å². The number of nitrogens with zero attached hydrogens (tertiary/aromatic N) is 5. The van der Waals surface area contributed by atoms with Crippen LogP contribution in [0.4, 0.5) is 0 Å². The fraction of sp³-hybridized carbons (Fsp3) is 0.688. The molecule has 2 aromatic heterocycles. The van der Waals surface area contributed by atoms with Gasteiger partial charge >= 0.3 is 0 Å². The van der Waals surface area contributed by atoms with Crippen molar-refractivity contribution in [3.05, 3.63) is 22.9 Å². The zero-order chi connectivity index (χ0) is 15.4. The van der Waals surface area contributed by atoms with Gasteiger partial charge in [0.1, 0.15) is 5.52 Å². The van der Waals surface area contributed by atoms with E-state index in [2.05, 4.69) is 15.0 Å².